The molecule has 1 aromatic carbocycles. The average Bonchev–Trinajstić information content (AvgIpc) is 3.11. The summed E-state index contributed by atoms with van der Waals surface area (Å²) in [6, 6.07) is 6.67. The second-order valence-corrected chi connectivity index (χ2v) is 6.36. The highest BCUT2D eigenvalue weighted by molar-refractivity contribution is 14.0. The molecule has 0 radical (unpaired) electrons. The van der Waals surface area contributed by atoms with E-state index in [9.17, 15) is 18.0 Å². The van der Waals surface area contributed by atoms with Gasteiger partial charge in [0.1, 0.15) is 0 Å². The Morgan fingerprint density at radius 2 is 1.73 bits per heavy atom. The number of carbonyl (C=O) groups is 1. The van der Waals surface area contributed by atoms with Crippen LogP contribution in [0.4, 0.5) is 13.2 Å². The normalized spacial score (nSPS) is 11.6. The molecule has 10 heteroatoms. The van der Waals surface area contributed by atoms with Crippen molar-refractivity contribution in [2.45, 2.75) is 33.0 Å². The van der Waals surface area contributed by atoms with Gasteiger partial charge in [-0.15, -0.1) is 24.0 Å². The van der Waals surface area contributed by atoms with Crippen LogP contribution in [0.3, 0.4) is 0 Å². The van der Waals surface area contributed by atoms with Crippen molar-refractivity contribution in [3.8, 4) is 0 Å². The zero-order valence-corrected chi connectivity index (χ0v) is 19.1. The maximum Gasteiger partial charge on any atom is 0.416 e. The van der Waals surface area contributed by atoms with Gasteiger partial charge in [-0.3, -0.25) is 4.79 Å². The molecule has 166 valence electrons. The summed E-state index contributed by atoms with van der Waals surface area (Å²) in [6.07, 6.45) is -2.21. The number of aliphatic imine (C=N–C) groups is 1. The van der Waals surface area contributed by atoms with Crippen LogP contribution in [0.2, 0.25) is 0 Å². The first-order valence-electron chi connectivity index (χ1n) is 9.32. The van der Waals surface area contributed by atoms with E-state index in [1.165, 1.54) is 18.4 Å². The minimum absolute atomic E-state index is 0. The molecule has 0 fully saturated rings. The van der Waals surface area contributed by atoms with E-state index in [1.807, 2.05) is 6.92 Å². The molecule has 1 heterocycles. The molecule has 0 aliphatic carbocycles. The smallest absolute Gasteiger partial charge is 0.416 e. The van der Waals surface area contributed by atoms with E-state index in [0.717, 1.165) is 17.7 Å². The maximum atomic E-state index is 12.6. The lowest BCUT2D eigenvalue weighted by molar-refractivity contribution is -0.137. The molecule has 0 saturated heterocycles. The Balaban J connectivity index is 0.00000450. The quantitative estimate of drug-likeness (QED) is 0.205. The van der Waals surface area contributed by atoms with Crippen LogP contribution in [0.1, 0.15) is 40.6 Å². The van der Waals surface area contributed by atoms with Crippen molar-refractivity contribution in [1.29, 1.82) is 0 Å². The molecule has 30 heavy (non-hydrogen) atoms. The predicted molar refractivity (Wildman–Crippen MR) is 120 cm³/mol. The van der Waals surface area contributed by atoms with E-state index in [2.05, 4.69) is 20.9 Å². The van der Waals surface area contributed by atoms with Gasteiger partial charge >= 0.3 is 6.18 Å². The van der Waals surface area contributed by atoms with E-state index in [-0.39, 0.29) is 36.4 Å². The molecule has 0 aliphatic heterocycles. The Morgan fingerprint density at radius 3 is 2.30 bits per heavy atom. The number of furan rings is 1. The Hall–Kier alpha value is -2.24. The largest absolute Gasteiger partial charge is 0.459 e. The topological polar surface area (TPSA) is 78.7 Å². The van der Waals surface area contributed by atoms with Crippen LogP contribution in [0.15, 0.2) is 46.0 Å². The van der Waals surface area contributed by atoms with Crippen LogP contribution in [-0.2, 0) is 12.7 Å². The minimum atomic E-state index is -4.34. The molecular formula is C20H26F3IN4O2. The summed E-state index contributed by atoms with van der Waals surface area (Å²) >= 11 is 0. The molecule has 0 unspecified atom stereocenters. The third-order valence-electron chi connectivity index (χ3n) is 4.05. The molecule has 0 saturated carbocycles. The highest BCUT2D eigenvalue weighted by atomic mass is 127. The summed E-state index contributed by atoms with van der Waals surface area (Å²) in [4.78, 5) is 16.3. The van der Waals surface area contributed by atoms with Crippen LogP contribution in [0, 0.1) is 6.92 Å². The molecular weight excluding hydrogens is 512 g/mol. The van der Waals surface area contributed by atoms with Crippen molar-refractivity contribution >= 4 is 35.8 Å². The minimum Gasteiger partial charge on any atom is -0.459 e. The molecule has 2 rings (SSSR count). The Bertz CT molecular complexity index is 820. The lowest BCUT2D eigenvalue weighted by Crippen LogP contribution is -2.38. The van der Waals surface area contributed by atoms with Crippen molar-refractivity contribution in [2.75, 3.05) is 19.6 Å². The molecule has 1 amide bonds. The number of nitrogens with zero attached hydrogens (tertiary/aromatic N) is 1. The van der Waals surface area contributed by atoms with Crippen molar-refractivity contribution < 1.29 is 22.4 Å². The number of nitrogens with one attached hydrogen (secondary N) is 3. The van der Waals surface area contributed by atoms with Crippen LogP contribution < -0.4 is 16.0 Å². The van der Waals surface area contributed by atoms with E-state index in [0.29, 0.717) is 43.3 Å². The first kappa shape index (κ1) is 25.8. The number of hydrogen-bond donors (Lipinski definition) is 3. The summed E-state index contributed by atoms with van der Waals surface area (Å²) < 4.78 is 43.0. The van der Waals surface area contributed by atoms with Crippen molar-refractivity contribution in [3.05, 3.63) is 59.0 Å². The van der Waals surface area contributed by atoms with Crippen LogP contribution >= 0.6 is 24.0 Å². The number of hydrogen-bond acceptors (Lipinski definition) is 3. The van der Waals surface area contributed by atoms with Crippen molar-refractivity contribution in [1.82, 2.24) is 16.0 Å². The fraction of sp³-hybridized carbons (Fsp3) is 0.400. The zero-order valence-electron chi connectivity index (χ0n) is 16.8. The SMILES string of the molecule is CCNC(=NCc1ccc(C(F)(F)F)cc1)NCCCNC(=O)c1occc1C.I. The number of aryl methyl sites for hydroxylation is 1. The Kier molecular flexibility index (Phi) is 10.7. The monoisotopic (exact) mass is 538 g/mol. The summed E-state index contributed by atoms with van der Waals surface area (Å²) in [5.41, 5.74) is 0.781. The molecule has 2 aromatic rings. The average molecular weight is 538 g/mol. The summed E-state index contributed by atoms with van der Waals surface area (Å²) in [6.45, 7) is 5.65. The van der Waals surface area contributed by atoms with Gasteiger partial charge in [0.15, 0.2) is 11.7 Å². The molecule has 0 bridgehead atoms. The van der Waals surface area contributed by atoms with Gasteiger partial charge < -0.3 is 20.4 Å². The summed E-state index contributed by atoms with van der Waals surface area (Å²) in [7, 11) is 0. The van der Waals surface area contributed by atoms with Gasteiger partial charge in [-0.05, 0) is 44.0 Å². The number of rotatable bonds is 8. The second kappa shape index (κ2) is 12.5. The zero-order chi connectivity index (χ0) is 21.3. The number of halogens is 4. The fourth-order valence-corrected chi connectivity index (χ4v) is 2.49. The van der Waals surface area contributed by atoms with Crippen LogP contribution in [0.5, 0.6) is 0 Å². The van der Waals surface area contributed by atoms with Gasteiger partial charge in [-0.1, -0.05) is 12.1 Å². The summed E-state index contributed by atoms with van der Waals surface area (Å²) in [5, 5.41) is 8.99. The van der Waals surface area contributed by atoms with E-state index in [4.69, 9.17) is 4.42 Å². The predicted octanol–water partition coefficient (Wildman–Crippen LogP) is 4.10. The number of carbonyl (C=O) groups excluding carboxylic acids is 1. The molecule has 1 aromatic heterocycles. The number of amides is 1. The number of alkyl halides is 3. The van der Waals surface area contributed by atoms with Gasteiger partial charge in [0.25, 0.3) is 5.91 Å². The number of guanidine groups is 1. The van der Waals surface area contributed by atoms with E-state index < -0.39 is 11.7 Å². The first-order chi connectivity index (χ1) is 13.8. The van der Waals surface area contributed by atoms with E-state index >= 15 is 0 Å². The highest BCUT2D eigenvalue weighted by Gasteiger charge is 2.29. The second-order valence-electron chi connectivity index (χ2n) is 6.36. The van der Waals surface area contributed by atoms with Gasteiger partial charge in [-0.25, -0.2) is 4.99 Å². The van der Waals surface area contributed by atoms with Gasteiger partial charge in [0.05, 0.1) is 18.4 Å². The van der Waals surface area contributed by atoms with E-state index in [1.54, 1.807) is 13.0 Å². The third kappa shape index (κ3) is 8.25. The third-order valence-corrected chi connectivity index (χ3v) is 4.05. The molecule has 3 N–H and O–H groups in total. The molecule has 0 aliphatic rings. The summed E-state index contributed by atoms with van der Waals surface area (Å²) in [5.74, 6) is 0.611. The van der Waals surface area contributed by atoms with Crippen LogP contribution in [-0.4, -0.2) is 31.5 Å². The molecule has 0 atom stereocenters. The maximum absolute atomic E-state index is 12.6. The van der Waals surface area contributed by atoms with Gasteiger partial charge in [0, 0.05) is 25.2 Å². The van der Waals surface area contributed by atoms with Crippen molar-refractivity contribution in [3.63, 3.8) is 0 Å². The standard InChI is InChI=1S/C20H25F3N4O2.HI/c1-3-24-19(27-13-15-5-7-16(8-6-15)20(21,22)23)26-11-4-10-25-18(28)17-14(2)9-12-29-17;/h5-9,12H,3-4,10-11,13H2,1-2H3,(H,25,28)(H2,24,26,27);1H. The Labute approximate surface area is 190 Å². The molecule has 0 spiro atoms. The lowest BCUT2D eigenvalue weighted by atomic mass is 10.1. The lowest BCUT2D eigenvalue weighted by Gasteiger charge is -2.12. The highest BCUT2D eigenvalue weighted by Crippen LogP contribution is 2.29. The van der Waals surface area contributed by atoms with Crippen molar-refractivity contribution in [2.24, 2.45) is 4.99 Å². The Morgan fingerprint density at radius 1 is 1.07 bits per heavy atom. The van der Waals surface area contributed by atoms with Gasteiger partial charge in [0.2, 0.25) is 0 Å². The fourth-order valence-electron chi connectivity index (χ4n) is 2.49. The number of benzene rings is 1. The van der Waals surface area contributed by atoms with Crippen LogP contribution in [0.25, 0.3) is 0 Å². The molecule has 6 nitrogen and oxygen atoms in total. The first-order valence-corrected chi connectivity index (χ1v) is 9.32. The van der Waals surface area contributed by atoms with Gasteiger partial charge in [-0.2, -0.15) is 13.2 Å².